The lowest BCUT2D eigenvalue weighted by Gasteiger charge is -2.34. The summed E-state index contributed by atoms with van der Waals surface area (Å²) in [4.78, 5) is 0. The van der Waals surface area contributed by atoms with Gasteiger partial charge in [-0.1, -0.05) is 46.5 Å². The molecule has 0 radical (unpaired) electrons. The molecule has 0 unspecified atom stereocenters. The van der Waals surface area contributed by atoms with Crippen LogP contribution in [0.3, 0.4) is 0 Å². The van der Waals surface area contributed by atoms with Crippen molar-refractivity contribution in [2.24, 2.45) is 0 Å². The highest BCUT2D eigenvalue weighted by molar-refractivity contribution is 4.86. The van der Waals surface area contributed by atoms with Crippen LogP contribution >= 0.6 is 0 Å². The van der Waals surface area contributed by atoms with Gasteiger partial charge in [0.25, 0.3) is 0 Å². The molecule has 0 bridgehead atoms. The number of ether oxygens (including phenoxy) is 1. The van der Waals surface area contributed by atoms with Gasteiger partial charge in [0, 0.05) is 19.2 Å². The zero-order chi connectivity index (χ0) is 11.9. The molecule has 1 rings (SSSR count). The second-order valence-electron chi connectivity index (χ2n) is 5.48. The molecule has 0 atom stereocenters. The highest BCUT2D eigenvalue weighted by Crippen LogP contribution is 2.30. The Labute approximate surface area is 101 Å². The first-order valence-corrected chi connectivity index (χ1v) is 7.06. The molecule has 2 heteroatoms. The van der Waals surface area contributed by atoms with E-state index >= 15 is 0 Å². The normalized spacial score (nSPS) is 21.0. The van der Waals surface area contributed by atoms with Gasteiger partial charge in [-0.25, -0.2) is 0 Å². The van der Waals surface area contributed by atoms with E-state index in [9.17, 15) is 0 Å². The molecule has 1 saturated carbocycles. The molecule has 2 nitrogen and oxygen atoms in total. The van der Waals surface area contributed by atoms with E-state index in [1.807, 2.05) is 0 Å². The molecule has 16 heavy (non-hydrogen) atoms. The van der Waals surface area contributed by atoms with Crippen LogP contribution < -0.4 is 5.32 Å². The molecule has 0 aromatic carbocycles. The van der Waals surface area contributed by atoms with Crippen molar-refractivity contribution in [3.8, 4) is 0 Å². The molecule has 0 aromatic rings. The Morgan fingerprint density at radius 2 is 1.75 bits per heavy atom. The van der Waals surface area contributed by atoms with Crippen LogP contribution in [0.4, 0.5) is 0 Å². The van der Waals surface area contributed by atoms with Crippen LogP contribution in [0.5, 0.6) is 0 Å². The Balaban J connectivity index is 2.50. The van der Waals surface area contributed by atoms with Gasteiger partial charge in [0.1, 0.15) is 0 Å². The first-order valence-electron chi connectivity index (χ1n) is 7.06. The molecule has 0 spiro atoms. The summed E-state index contributed by atoms with van der Waals surface area (Å²) in [7, 11) is 0. The van der Waals surface area contributed by atoms with Crippen LogP contribution in [-0.2, 0) is 4.74 Å². The Bertz CT molecular complexity index is 172. The van der Waals surface area contributed by atoms with Crippen LogP contribution in [0.2, 0.25) is 0 Å². The predicted octanol–water partition coefficient (Wildman–Crippen LogP) is 3.50. The maximum atomic E-state index is 6.19. The molecule has 0 aromatic heterocycles. The Kier molecular flexibility index (Phi) is 6.37. The van der Waals surface area contributed by atoms with Gasteiger partial charge in [0.15, 0.2) is 0 Å². The zero-order valence-corrected chi connectivity index (χ0v) is 11.3. The number of hydrogen-bond acceptors (Lipinski definition) is 2. The van der Waals surface area contributed by atoms with Crippen LogP contribution in [-0.4, -0.2) is 24.8 Å². The van der Waals surface area contributed by atoms with Crippen LogP contribution in [0.15, 0.2) is 0 Å². The molecular formula is C14H29NO. The van der Waals surface area contributed by atoms with E-state index in [1.54, 1.807) is 0 Å². The van der Waals surface area contributed by atoms with E-state index in [4.69, 9.17) is 4.74 Å². The van der Waals surface area contributed by atoms with Gasteiger partial charge >= 0.3 is 0 Å². The first-order chi connectivity index (χ1) is 7.68. The fourth-order valence-electron chi connectivity index (χ4n) is 2.45. The fraction of sp³-hybridized carbons (Fsp3) is 1.00. The highest BCUT2D eigenvalue weighted by atomic mass is 16.5. The Morgan fingerprint density at radius 3 is 2.25 bits per heavy atom. The third-order valence-electron chi connectivity index (χ3n) is 3.46. The Morgan fingerprint density at radius 1 is 1.12 bits per heavy atom. The fourth-order valence-corrected chi connectivity index (χ4v) is 2.45. The smallest absolute Gasteiger partial charge is 0.0806 e. The summed E-state index contributed by atoms with van der Waals surface area (Å²) in [5, 5.41) is 3.57. The molecule has 1 aliphatic rings. The van der Waals surface area contributed by atoms with Crippen LogP contribution in [0.25, 0.3) is 0 Å². The zero-order valence-electron chi connectivity index (χ0n) is 11.3. The molecule has 0 aliphatic heterocycles. The quantitative estimate of drug-likeness (QED) is 0.701. The van der Waals surface area contributed by atoms with E-state index in [0.29, 0.717) is 6.04 Å². The van der Waals surface area contributed by atoms with Gasteiger partial charge in [-0.2, -0.15) is 0 Å². The van der Waals surface area contributed by atoms with Crippen molar-refractivity contribution < 1.29 is 4.74 Å². The molecular weight excluding hydrogens is 198 g/mol. The topological polar surface area (TPSA) is 21.3 Å². The van der Waals surface area contributed by atoms with E-state index in [-0.39, 0.29) is 5.60 Å². The van der Waals surface area contributed by atoms with Gasteiger partial charge in [-0.3, -0.25) is 0 Å². The third-order valence-corrected chi connectivity index (χ3v) is 3.46. The number of hydrogen-bond donors (Lipinski definition) is 1. The average molecular weight is 227 g/mol. The summed E-state index contributed by atoms with van der Waals surface area (Å²) >= 11 is 0. The predicted molar refractivity (Wildman–Crippen MR) is 69.8 cm³/mol. The van der Waals surface area contributed by atoms with Crippen molar-refractivity contribution in [3.63, 3.8) is 0 Å². The van der Waals surface area contributed by atoms with Crippen molar-refractivity contribution in [3.05, 3.63) is 0 Å². The monoisotopic (exact) mass is 227 g/mol. The van der Waals surface area contributed by atoms with Crippen LogP contribution in [0, 0.1) is 0 Å². The highest BCUT2D eigenvalue weighted by Gasteiger charge is 2.31. The molecule has 0 amide bonds. The summed E-state index contributed by atoms with van der Waals surface area (Å²) in [5.74, 6) is 0. The van der Waals surface area contributed by atoms with Gasteiger partial charge in [0.05, 0.1) is 5.60 Å². The van der Waals surface area contributed by atoms with Gasteiger partial charge in [0.2, 0.25) is 0 Å². The molecule has 96 valence electrons. The van der Waals surface area contributed by atoms with Crippen molar-refractivity contribution in [2.75, 3.05) is 13.2 Å². The standard InChI is InChI=1S/C14H29NO/c1-4-11-16-14(12-15-13(2)3)9-7-5-6-8-10-14/h13,15H,4-12H2,1-3H3. The maximum Gasteiger partial charge on any atom is 0.0806 e. The molecule has 1 aliphatic carbocycles. The minimum absolute atomic E-state index is 0.136. The summed E-state index contributed by atoms with van der Waals surface area (Å²) < 4.78 is 6.19. The minimum atomic E-state index is 0.136. The Hall–Kier alpha value is -0.0800. The van der Waals surface area contributed by atoms with E-state index in [2.05, 4.69) is 26.1 Å². The van der Waals surface area contributed by atoms with E-state index < -0.39 is 0 Å². The van der Waals surface area contributed by atoms with Gasteiger partial charge in [-0.15, -0.1) is 0 Å². The third kappa shape index (κ3) is 4.84. The summed E-state index contributed by atoms with van der Waals surface area (Å²) in [6.45, 7) is 8.57. The van der Waals surface area contributed by atoms with E-state index in [1.165, 1.54) is 38.5 Å². The summed E-state index contributed by atoms with van der Waals surface area (Å²) in [6, 6.07) is 0.561. The van der Waals surface area contributed by atoms with Gasteiger partial charge in [-0.05, 0) is 19.3 Å². The van der Waals surface area contributed by atoms with Crippen molar-refractivity contribution in [2.45, 2.75) is 77.4 Å². The minimum Gasteiger partial charge on any atom is -0.374 e. The lowest BCUT2D eigenvalue weighted by molar-refractivity contribution is -0.0556. The molecule has 0 saturated heterocycles. The molecule has 1 N–H and O–H groups in total. The van der Waals surface area contributed by atoms with Gasteiger partial charge < -0.3 is 10.1 Å². The molecule has 1 fully saturated rings. The van der Waals surface area contributed by atoms with Crippen LogP contribution in [0.1, 0.15) is 65.7 Å². The summed E-state index contributed by atoms with van der Waals surface area (Å²) in [5.41, 5.74) is 0.136. The average Bonchev–Trinajstić information content (AvgIpc) is 2.50. The summed E-state index contributed by atoms with van der Waals surface area (Å²) in [6.07, 6.45) is 9.06. The largest absolute Gasteiger partial charge is 0.374 e. The van der Waals surface area contributed by atoms with Crippen molar-refractivity contribution >= 4 is 0 Å². The van der Waals surface area contributed by atoms with Crippen molar-refractivity contribution in [1.29, 1.82) is 0 Å². The second-order valence-corrected chi connectivity index (χ2v) is 5.48. The number of rotatable bonds is 6. The maximum absolute atomic E-state index is 6.19. The SMILES string of the molecule is CCCOC1(CNC(C)C)CCCCCC1. The lowest BCUT2D eigenvalue weighted by Crippen LogP contribution is -2.45. The van der Waals surface area contributed by atoms with E-state index in [0.717, 1.165) is 19.6 Å². The first kappa shape index (κ1) is 14.0. The number of nitrogens with one attached hydrogen (secondary N) is 1. The lowest BCUT2D eigenvalue weighted by atomic mass is 9.93. The van der Waals surface area contributed by atoms with Crippen molar-refractivity contribution in [1.82, 2.24) is 5.32 Å². The molecule has 0 heterocycles. The second kappa shape index (κ2) is 7.29.